The lowest BCUT2D eigenvalue weighted by atomic mass is 9.87. The topological polar surface area (TPSA) is 78.5 Å². The number of nitrogens with one attached hydrogen (secondary N) is 2. The lowest BCUT2D eigenvalue weighted by Gasteiger charge is -2.35. The molecule has 0 radical (unpaired) electrons. The predicted molar refractivity (Wildman–Crippen MR) is 93.2 cm³/mol. The van der Waals surface area contributed by atoms with Crippen LogP contribution < -0.4 is 10.0 Å². The van der Waals surface area contributed by atoms with E-state index < -0.39 is 10.0 Å². The average molecular weight is 351 g/mol. The van der Waals surface area contributed by atoms with Crippen LogP contribution in [0.4, 0.5) is 4.79 Å². The number of amides is 2. The second-order valence-corrected chi connectivity index (χ2v) is 8.99. The third kappa shape index (κ3) is 3.72. The molecule has 1 saturated carbocycles. The van der Waals surface area contributed by atoms with Crippen LogP contribution in [0.25, 0.3) is 0 Å². The number of hydrogen-bond donors (Lipinski definition) is 2. The Hall–Kier alpha value is -1.60. The molecular weight excluding hydrogens is 326 g/mol. The number of sulfonamides is 1. The molecule has 0 aromatic heterocycles. The predicted octanol–water partition coefficient (Wildman–Crippen LogP) is 1.57. The number of fused-ring (bicyclic) bond motifs is 2. The number of benzene rings is 1. The molecule has 1 spiro atoms. The van der Waals surface area contributed by atoms with Gasteiger partial charge in [-0.05, 0) is 37.8 Å². The first-order valence-corrected chi connectivity index (χ1v) is 10.1. The fourth-order valence-electron chi connectivity index (χ4n) is 3.43. The summed E-state index contributed by atoms with van der Waals surface area (Å²) in [6.45, 7) is 4.96. The van der Waals surface area contributed by atoms with Crippen LogP contribution in [0.3, 0.4) is 0 Å². The molecule has 132 valence electrons. The van der Waals surface area contributed by atoms with Crippen LogP contribution >= 0.6 is 0 Å². The fourth-order valence-corrected chi connectivity index (χ4v) is 4.64. The molecule has 2 N–H and O–H groups in total. The number of carbonyl (C=O) groups excluding carboxylic acids is 1. The molecular formula is C17H25N3O3S. The molecule has 1 aromatic rings. The van der Waals surface area contributed by atoms with Gasteiger partial charge in [0, 0.05) is 31.1 Å². The van der Waals surface area contributed by atoms with Gasteiger partial charge in [0.15, 0.2) is 0 Å². The third-order valence-electron chi connectivity index (χ3n) is 4.65. The second-order valence-electron chi connectivity index (χ2n) is 7.12. The maximum Gasteiger partial charge on any atom is 0.317 e. The van der Waals surface area contributed by atoms with Crippen LogP contribution in [0.5, 0.6) is 0 Å². The highest BCUT2D eigenvalue weighted by Gasteiger charge is 2.49. The maximum absolute atomic E-state index is 12.4. The Labute approximate surface area is 143 Å². The van der Waals surface area contributed by atoms with Gasteiger partial charge in [0.1, 0.15) is 0 Å². The number of carbonyl (C=O) groups is 1. The fraction of sp³-hybridized carbons (Fsp3) is 0.588. The van der Waals surface area contributed by atoms with E-state index >= 15 is 0 Å². The molecule has 7 heteroatoms. The van der Waals surface area contributed by atoms with E-state index in [1.807, 2.05) is 6.07 Å². The van der Waals surface area contributed by atoms with Crippen LogP contribution in [0.15, 0.2) is 24.3 Å². The highest BCUT2D eigenvalue weighted by molar-refractivity contribution is 7.89. The van der Waals surface area contributed by atoms with Crippen molar-refractivity contribution in [3.63, 3.8) is 0 Å². The lowest BCUT2D eigenvalue weighted by Crippen LogP contribution is -2.48. The minimum absolute atomic E-state index is 0.105. The van der Waals surface area contributed by atoms with Crippen molar-refractivity contribution in [2.45, 2.75) is 44.7 Å². The first-order chi connectivity index (χ1) is 11.3. The summed E-state index contributed by atoms with van der Waals surface area (Å²) in [7, 11) is -3.35. The summed E-state index contributed by atoms with van der Waals surface area (Å²) < 4.78 is 26.1. The zero-order chi connectivity index (χ0) is 17.4. The van der Waals surface area contributed by atoms with E-state index in [0.717, 1.165) is 12.8 Å². The Kier molecular flexibility index (Phi) is 4.57. The molecule has 1 fully saturated rings. The van der Waals surface area contributed by atoms with Gasteiger partial charge in [-0.1, -0.05) is 24.3 Å². The molecule has 1 heterocycles. The van der Waals surface area contributed by atoms with E-state index in [1.54, 1.807) is 18.7 Å². The van der Waals surface area contributed by atoms with Crippen molar-refractivity contribution < 1.29 is 13.2 Å². The first kappa shape index (κ1) is 17.2. The van der Waals surface area contributed by atoms with Crippen molar-refractivity contribution in [1.29, 1.82) is 0 Å². The molecule has 3 rings (SSSR count). The Bertz CT molecular complexity index is 726. The lowest BCUT2D eigenvalue weighted by molar-refractivity contribution is 0.184. The summed E-state index contributed by atoms with van der Waals surface area (Å²) in [5.41, 5.74) is 2.69. The summed E-state index contributed by atoms with van der Waals surface area (Å²) in [5.74, 6) is -0.105. The Morgan fingerprint density at radius 2 is 2.00 bits per heavy atom. The van der Waals surface area contributed by atoms with Crippen LogP contribution in [-0.4, -0.2) is 44.2 Å². The molecule has 1 aliphatic carbocycles. The summed E-state index contributed by atoms with van der Waals surface area (Å²) in [6.07, 6.45) is 2.22. The molecule has 0 saturated heterocycles. The normalized spacial score (nSPS) is 18.5. The molecule has 2 amide bonds. The van der Waals surface area contributed by atoms with Crippen LogP contribution in [0, 0.1) is 0 Å². The Balaban J connectivity index is 1.57. The Morgan fingerprint density at radius 1 is 1.29 bits per heavy atom. The van der Waals surface area contributed by atoms with Crippen molar-refractivity contribution in [3.05, 3.63) is 35.4 Å². The zero-order valence-corrected chi connectivity index (χ0v) is 15.0. The number of nitrogens with zero attached hydrogens (tertiary/aromatic N) is 1. The van der Waals surface area contributed by atoms with Gasteiger partial charge in [0.2, 0.25) is 10.0 Å². The summed E-state index contributed by atoms with van der Waals surface area (Å²) in [4.78, 5) is 14.2. The molecule has 6 nitrogen and oxygen atoms in total. The number of hydrogen-bond acceptors (Lipinski definition) is 3. The minimum atomic E-state index is -3.35. The van der Waals surface area contributed by atoms with Crippen molar-refractivity contribution in [3.8, 4) is 0 Å². The summed E-state index contributed by atoms with van der Waals surface area (Å²) in [5, 5.41) is 2.75. The van der Waals surface area contributed by atoms with Gasteiger partial charge in [0.25, 0.3) is 0 Å². The average Bonchev–Trinajstić information content (AvgIpc) is 3.25. The van der Waals surface area contributed by atoms with Gasteiger partial charge in [-0.15, -0.1) is 0 Å². The maximum atomic E-state index is 12.4. The molecule has 0 atom stereocenters. The van der Waals surface area contributed by atoms with Gasteiger partial charge >= 0.3 is 6.03 Å². The van der Waals surface area contributed by atoms with E-state index in [2.05, 4.69) is 28.2 Å². The smallest absolute Gasteiger partial charge is 0.317 e. The van der Waals surface area contributed by atoms with E-state index in [1.165, 1.54) is 11.1 Å². The second kappa shape index (κ2) is 6.37. The van der Waals surface area contributed by atoms with Crippen molar-refractivity contribution in [1.82, 2.24) is 14.9 Å². The first-order valence-electron chi connectivity index (χ1n) is 8.42. The highest BCUT2D eigenvalue weighted by atomic mass is 32.2. The van der Waals surface area contributed by atoms with Gasteiger partial charge in [-0.25, -0.2) is 17.9 Å². The SMILES string of the molecule is CC(C)NS(=O)(=O)CCNC(=O)N1Cc2ccccc2C2(CC2)C1. The molecule has 0 bridgehead atoms. The molecule has 0 unspecified atom stereocenters. The van der Waals surface area contributed by atoms with Gasteiger partial charge < -0.3 is 10.2 Å². The molecule has 24 heavy (non-hydrogen) atoms. The highest BCUT2D eigenvalue weighted by Crippen LogP contribution is 2.52. The monoisotopic (exact) mass is 351 g/mol. The number of urea groups is 1. The van der Waals surface area contributed by atoms with Crippen LogP contribution in [0.2, 0.25) is 0 Å². The summed E-state index contributed by atoms with van der Waals surface area (Å²) >= 11 is 0. The van der Waals surface area contributed by atoms with Crippen LogP contribution in [0.1, 0.15) is 37.8 Å². The number of rotatable bonds is 5. The van der Waals surface area contributed by atoms with Gasteiger partial charge in [-0.2, -0.15) is 0 Å². The standard InChI is InChI=1S/C17H25N3O3S/c1-13(2)19-24(22,23)10-9-18-16(21)20-11-14-5-3-4-6-15(14)17(12-20)7-8-17/h3-6,13,19H,7-12H2,1-2H3,(H,18,21). The zero-order valence-electron chi connectivity index (χ0n) is 14.2. The Morgan fingerprint density at radius 3 is 2.67 bits per heavy atom. The van der Waals surface area contributed by atoms with Crippen molar-refractivity contribution in [2.24, 2.45) is 0 Å². The van der Waals surface area contributed by atoms with Crippen LogP contribution in [-0.2, 0) is 22.0 Å². The minimum Gasteiger partial charge on any atom is -0.337 e. The van der Waals surface area contributed by atoms with Crippen molar-refractivity contribution in [2.75, 3.05) is 18.8 Å². The van der Waals surface area contributed by atoms with E-state index in [0.29, 0.717) is 13.1 Å². The molecule has 1 aliphatic heterocycles. The van der Waals surface area contributed by atoms with Crippen molar-refractivity contribution >= 4 is 16.1 Å². The summed E-state index contributed by atoms with van der Waals surface area (Å²) in [6, 6.07) is 7.98. The largest absolute Gasteiger partial charge is 0.337 e. The third-order valence-corrected chi connectivity index (χ3v) is 6.22. The quantitative estimate of drug-likeness (QED) is 0.845. The van der Waals surface area contributed by atoms with E-state index in [4.69, 9.17) is 0 Å². The van der Waals surface area contributed by atoms with Gasteiger partial charge in [-0.3, -0.25) is 0 Å². The molecule has 1 aromatic carbocycles. The van der Waals surface area contributed by atoms with E-state index in [-0.39, 0.29) is 29.8 Å². The van der Waals surface area contributed by atoms with Gasteiger partial charge in [0.05, 0.1) is 5.75 Å². The van der Waals surface area contributed by atoms with E-state index in [9.17, 15) is 13.2 Å². The molecule has 2 aliphatic rings.